The van der Waals surface area contributed by atoms with E-state index in [1.807, 2.05) is 0 Å². The largest absolute Gasteiger partial charge is 0.387 e. The van der Waals surface area contributed by atoms with Gasteiger partial charge in [-0.1, -0.05) is 24.3 Å². The average molecular weight is 212 g/mol. The van der Waals surface area contributed by atoms with Crippen LogP contribution in [0.2, 0.25) is 0 Å². The van der Waals surface area contributed by atoms with E-state index in [-0.39, 0.29) is 12.0 Å². The van der Waals surface area contributed by atoms with E-state index in [1.54, 1.807) is 18.2 Å². The van der Waals surface area contributed by atoms with E-state index in [2.05, 4.69) is 0 Å². The molecule has 0 spiro atoms. The van der Waals surface area contributed by atoms with Crippen molar-refractivity contribution in [2.45, 2.75) is 24.1 Å². The number of hydrogen-bond donors (Lipinski definition) is 5. The van der Waals surface area contributed by atoms with Crippen molar-refractivity contribution in [3.8, 4) is 0 Å². The number of fused-ring (bicyclic) bond motifs is 1. The Morgan fingerprint density at radius 3 is 2.33 bits per heavy atom. The van der Waals surface area contributed by atoms with Crippen molar-refractivity contribution in [3.05, 3.63) is 35.4 Å². The Morgan fingerprint density at radius 1 is 1.07 bits per heavy atom. The Balaban J connectivity index is 2.61. The standard InChI is InChI=1S/C10H12O5/c11-8-5-6-3-1-2-4-7(6)9(12,13)10(8,14)15/h1-4,8,11-15H,5H2. The van der Waals surface area contributed by atoms with Crippen molar-refractivity contribution in [2.24, 2.45) is 0 Å². The maximum absolute atomic E-state index is 9.62. The second kappa shape index (κ2) is 3.01. The highest BCUT2D eigenvalue weighted by Crippen LogP contribution is 2.39. The summed E-state index contributed by atoms with van der Waals surface area (Å²) in [6.07, 6.45) is -1.67. The Kier molecular flexibility index (Phi) is 2.11. The molecule has 0 saturated carbocycles. The van der Waals surface area contributed by atoms with Gasteiger partial charge in [0.2, 0.25) is 11.6 Å². The number of hydrogen-bond acceptors (Lipinski definition) is 5. The molecule has 82 valence electrons. The molecule has 2 rings (SSSR count). The number of benzene rings is 1. The van der Waals surface area contributed by atoms with Crippen LogP contribution in [0.25, 0.3) is 0 Å². The molecule has 5 nitrogen and oxygen atoms in total. The number of aliphatic hydroxyl groups excluding tert-OH is 1. The van der Waals surface area contributed by atoms with Gasteiger partial charge < -0.3 is 25.5 Å². The van der Waals surface area contributed by atoms with Crippen LogP contribution in [0.15, 0.2) is 24.3 Å². The summed E-state index contributed by atoms with van der Waals surface area (Å²) in [5.74, 6) is -5.82. The molecule has 5 N–H and O–H groups in total. The lowest BCUT2D eigenvalue weighted by Gasteiger charge is -2.43. The van der Waals surface area contributed by atoms with Gasteiger partial charge in [0.1, 0.15) is 6.10 Å². The molecular formula is C10H12O5. The highest BCUT2D eigenvalue weighted by atomic mass is 16.6. The lowest BCUT2D eigenvalue weighted by Crippen LogP contribution is -2.62. The molecule has 0 fully saturated rings. The van der Waals surface area contributed by atoms with E-state index in [1.165, 1.54) is 6.07 Å². The molecule has 0 bridgehead atoms. The van der Waals surface area contributed by atoms with E-state index in [9.17, 15) is 25.5 Å². The minimum Gasteiger partial charge on any atom is -0.387 e. The quantitative estimate of drug-likeness (QED) is 0.334. The molecule has 1 aromatic carbocycles. The van der Waals surface area contributed by atoms with Gasteiger partial charge in [-0.05, 0) is 5.56 Å². The van der Waals surface area contributed by atoms with E-state index in [4.69, 9.17) is 0 Å². The summed E-state index contributed by atoms with van der Waals surface area (Å²) in [5.41, 5.74) is 0.481. The highest BCUT2D eigenvalue weighted by molar-refractivity contribution is 5.36. The monoisotopic (exact) mass is 212 g/mol. The summed E-state index contributed by atoms with van der Waals surface area (Å²) in [6, 6.07) is 6.19. The van der Waals surface area contributed by atoms with E-state index in [0.717, 1.165) is 0 Å². The van der Waals surface area contributed by atoms with Crippen LogP contribution in [0.4, 0.5) is 0 Å². The van der Waals surface area contributed by atoms with Crippen LogP contribution in [-0.2, 0) is 12.2 Å². The first-order valence-corrected chi connectivity index (χ1v) is 4.53. The Morgan fingerprint density at radius 2 is 1.67 bits per heavy atom. The molecular weight excluding hydrogens is 200 g/mol. The second-order valence-corrected chi connectivity index (χ2v) is 3.78. The van der Waals surface area contributed by atoms with Crippen molar-refractivity contribution < 1.29 is 25.5 Å². The molecule has 0 amide bonds. The van der Waals surface area contributed by atoms with Crippen molar-refractivity contribution in [3.63, 3.8) is 0 Å². The van der Waals surface area contributed by atoms with Gasteiger partial charge in [-0.25, -0.2) is 0 Å². The van der Waals surface area contributed by atoms with E-state index < -0.39 is 17.7 Å². The number of rotatable bonds is 0. The molecule has 1 aliphatic rings. The molecule has 1 aliphatic carbocycles. The third-order valence-corrected chi connectivity index (χ3v) is 2.78. The van der Waals surface area contributed by atoms with Crippen LogP contribution >= 0.6 is 0 Å². The third-order valence-electron chi connectivity index (χ3n) is 2.78. The van der Waals surface area contributed by atoms with Gasteiger partial charge in [0.25, 0.3) is 0 Å². The van der Waals surface area contributed by atoms with Crippen LogP contribution in [0.5, 0.6) is 0 Å². The van der Waals surface area contributed by atoms with Crippen LogP contribution in [0.1, 0.15) is 11.1 Å². The zero-order valence-corrected chi connectivity index (χ0v) is 7.83. The molecule has 1 atom stereocenters. The van der Waals surface area contributed by atoms with Gasteiger partial charge in [0.05, 0.1) is 0 Å². The first-order valence-electron chi connectivity index (χ1n) is 4.53. The fraction of sp³-hybridized carbons (Fsp3) is 0.400. The minimum absolute atomic E-state index is 0.000278. The van der Waals surface area contributed by atoms with Crippen LogP contribution in [0, 0.1) is 0 Å². The zero-order chi connectivity index (χ0) is 11.3. The third kappa shape index (κ3) is 1.29. The van der Waals surface area contributed by atoms with Gasteiger partial charge in [-0.3, -0.25) is 0 Å². The summed E-state index contributed by atoms with van der Waals surface area (Å²) in [5, 5.41) is 47.5. The Hall–Kier alpha value is -0.980. The molecule has 0 saturated heterocycles. The first-order chi connectivity index (χ1) is 6.87. The smallest absolute Gasteiger partial charge is 0.250 e. The van der Waals surface area contributed by atoms with Crippen molar-refractivity contribution in [2.75, 3.05) is 0 Å². The normalized spacial score (nSPS) is 27.1. The lowest BCUT2D eigenvalue weighted by atomic mass is 9.80. The predicted molar refractivity (Wildman–Crippen MR) is 49.4 cm³/mol. The second-order valence-electron chi connectivity index (χ2n) is 3.78. The molecule has 5 heteroatoms. The summed E-state index contributed by atoms with van der Waals surface area (Å²) in [7, 11) is 0. The van der Waals surface area contributed by atoms with Crippen molar-refractivity contribution in [1.29, 1.82) is 0 Å². The summed E-state index contributed by atoms with van der Waals surface area (Å²) in [6.45, 7) is 0. The Labute approximate surface area is 85.9 Å². The molecule has 1 aromatic rings. The fourth-order valence-corrected chi connectivity index (χ4v) is 1.82. The van der Waals surface area contributed by atoms with E-state index >= 15 is 0 Å². The Bertz CT molecular complexity index is 385. The molecule has 0 heterocycles. The van der Waals surface area contributed by atoms with Gasteiger partial charge >= 0.3 is 0 Å². The van der Waals surface area contributed by atoms with Crippen LogP contribution < -0.4 is 0 Å². The van der Waals surface area contributed by atoms with Crippen LogP contribution in [-0.4, -0.2) is 37.4 Å². The van der Waals surface area contributed by atoms with E-state index in [0.29, 0.717) is 5.56 Å². The van der Waals surface area contributed by atoms with Gasteiger partial charge in [-0.15, -0.1) is 0 Å². The summed E-state index contributed by atoms with van der Waals surface area (Å²) in [4.78, 5) is 0. The van der Waals surface area contributed by atoms with Gasteiger partial charge in [0, 0.05) is 12.0 Å². The number of aliphatic hydroxyl groups is 5. The molecule has 0 aromatic heterocycles. The molecule has 0 radical (unpaired) electrons. The highest BCUT2D eigenvalue weighted by Gasteiger charge is 2.57. The van der Waals surface area contributed by atoms with Crippen molar-refractivity contribution >= 4 is 0 Å². The van der Waals surface area contributed by atoms with Crippen LogP contribution in [0.3, 0.4) is 0 Å². The summed E-state index contributed by atoms with van der Waals surface area (Å²) < 4.78 is 0. The maximum atomic E-state index is 9.62. The average Bonchev–Trinajstić information content (AvgIpc) is 2.16. The predicted octanol–water partition coefficient (Wildman–Crippen LogP) is -1.58. The molecule has 1 unspecified atom stereocenters. The zero-order valence-electron chi connectivity index (χ0n) is 7.83. The lowest BCUT2D eigenvalue weighted by molar-refractivity contribution is -0.397. The minimum atomic E-state index is -2.96. The van der Waals surface area contributed by atoms with Crippen molar-refractivity contribution in [1.82, 2.24) is 0 Å². The maximum Gasteiger partial charge on any atom is 0.250 e. The summed E-state index contributed by atoms with van der Waals surface area (Å²) >= 11 is 0. The van der Waals surface area contributed by atoms with Gasteiger partial charge in [-0.2, -0.15) is 0 Å². The molecule has 15 heavy (non-hydrogen) atoms. The topological polar surface area (TPSA) is 101 Å². The first kappa shape index (κ1) is 10.5. The van der Waals surface area contributed by atoms with Gasteiger partial charge in [0.15, 0.2) is 0 Å². The SMILES string of the molecule is OC1Cc2ccccc2C(O)(O)C1(O)O. The fourth-order valence-electron chi connectivity index (χ4n) is 1.82. The molecule has 0 aliphatic heterocycles.